The monoisotopic (exact) mass is 560 g/mol. The van der Waals surface area contributed by atoms with Crippen LogP contribution in [0.5, 0.6) is 5.75 Å². The van der Waals surface area contributed by atoms with Crippen molar-refractivity contribution < 1.29 is 19.1 Å². The van der Waals surface area contributed by atoms with Gasteiger partial charge in [0, 0.05) is 17.5 Å². The van der Waals surface area contributed by atoms with Crippen molar-refractivity contribution in [1.82, 2.24) is 4.90 Å². The van der Waals surface area contributed by atoms with E-state index in [0.29, 0.717) is 21.9 Å². The van der Waals surface area contributed by atoms with Crippen LogP contribution < -0.4 is 10.1 Å². The second-order valence-corrected chi connectivity index (χ2v) is 11.9. The van der Waals surface area contributed by atoms with Crippen molar-refractivity contribution in [2.24, 2.45) is 5.92 Å². The van der Waals surface area contributed by atoms with Crippen molar-refractivity contribution in [1.29, 1.82) is 0 Å². The smallest absolute Gasteiger partial charge is 0.238 e. The zero-order valence-electron chi connectivity index (χ0n) is 22.6. The van der Waals surface area contributed by atoms with Crippen LogP contribution in [-0.4, -0.2) is 34.5 Å². The number of anilines is 1. The standard InChI is InChI=1S/C34H28N2O4S/c1-20(2)40-23-15-13-22(14-16-23)30(37)28-29(31(38)27-12-7-19-41-27)36-18-17-21-8-3-4-9-24(21)32(36)34(28)25-10-5-6-11-26(25)35-33(34)39/h3-20,28-29,32H,1-2H3,(H,35,39)/t28-,29+,32-,34-/m0/s1. The first-order valence-electron chi connectivity index (χ1n) is 13.8. The van der Waals surface area contributed by atoms with E-state index in [1.54, 1.807) is 30.3 Å². The number of carbonyl (C=O) groups excluding carboxylic acids is 3. The molecule has 0 saturated carbocycles. The Labute approximate surface area is 242 Å². The Morgan fingerprint density at radius 2 is 1.68 bits per heavy atom. The molecule has 41 heavy (non-hydrogen) atoms. The molecule has 1 amide bonds. The highest BCUT2D eigenvalue weighted by molar-refractivity contribution is 7.12. The fourth-order valence-corrected chi connectivity index (χ4v) is 7.58. The fourth-order valence-electron chi connectivity index (χ4n) is 6.88. The number of ether oxygens (including phenoxy) is 1. The largest absolute Gasteiger partial charge is 0.491 e. The van der Waals surface area contributed by atoms with Gasteiger partial charge in [0.15, 0.2) is 11.6 Å². The lowest BCUT2D eigenvalue weighted by Gasteiger charge is -2.38. The summed E-state index contributed by atoms with van der Waals surface area (Å²) in [6, 6.07) is 24.7. The first-order chi connectivity index (χ1) is 19.9. The van der Waals surface area contributed by atoms with Gasteiger partial charge in [0.2, 0.25) is 5.91 Å². The number of nitrogens with zero attached hydrogens (tertiary/aromatic N) is 1. The third kappa shape index (κ3) is 3.72. The Bertz CT molecular complexity index is 1710. The molecular formula is C34H28N2O4S. The Kier molecular flexibility index (Phi) is 5.94. The van der Waals surface area contributed by atoms with E-state index in [2.05, 4.69) is 5.32 Å². The van der Waals surface area contributed by atoms with Crippen LogP contribution in [-0.2, 0) is 10.2 Å². The van der Waals surface area contributed by atoms with Crippen molar-refractivity contribution in [3.8, 4) is 5.75 Å². The van der Waals surface area contributed by atoms with E-state index < -0.39 is 23.4 Å². The normalized spacial score (nSPS) is 23.7. The molecule has 204 valence electrons. The zero-order valence-corrected chi connectivity index (χ0v) is 23.4. The summed E-state index contributed by atoms with van der Waals surface area (Å²) in [6.45, 7) is 3.89. The molecule has 0 aliphatic carbocycles. The molecular weight excluding hydrogens is 532 g/mol. The number of benzene rings is 3. The van der Waals surface area contributed by atoms with Gasteiger partial charge < -0.3 is 15.0 Å². The van der Waals surface area contributed by atoms with Crippen LogP contribution in [0.1, 0.15) is 56.6 Å². The molecule has 7 rings (SSSR count). The minimum Gasteiger partial charge on any atom is -0.491 e. The van der Waals surface area contributed by atoms with Gasteiger partial charge in [-0.25, -0.2) is 0 Å². The number of ketones is 2. The van der Waals surface area contributed by atoms with E-state index in [1.807, 2.05) is 91.0 Å². The number of hydrogen-bond donors (Lipinski definition) is 1. The Morgan fingerprint density at radius 1 is 0.927 bits per heavy atom. The molecule has 6 nitrogen and oxygen atoms in total. The van der Waals surface area contributed by atoms with Crippen molar-refractivity contribution in [3.05, 3.63) is 124 Å². The molecule has 4 heterocycles. The van der Waals surface area contributed by atoms with Crippen molar-refractivity contribution in [3.63, 3.8) is 0 Å². The zero-order chi connectivity index (χ0) is 28.3. The first kappa shape index (κ1) is 25.5. The summed E-state index contributed by atoms with van der Waals surface area (Å²) in [7, 11) is 0. The lowest BCUT2D eigenvalue weighted by atomic mass is 9.63. The average Bonchev–Trinajstić information content (AvgIpc) is 3.69. The van der Waals surface area contributed by atoms with E-state index in [0.717, 1.165) is 16.7 Å². The van der Waals surface area contributed by atoms with Crippen LogP contribution in [0.2, 0.25) is 0 Å². The molecule has 3 aliphatic heterocycles. The molecule has 1 saturated heterocycles. The Balaban J connectivity index is 1.48. The van der Waals surface area contributed by atoms with E-state index in [4.69, 9.17) is 4.74 Å². The second-order valence-electron chi connectivity index (χ2n) is 11.0. The summed E-state index contributed by atoms with van der Waals surface area (Å²) < 4.78 is 5.81. The molecule has 7 heteroatoms. The van der Waals surface area contributed by atoms with Gasteiger partial charge in [-0.3, -0.25) is 14.4 Å². The minimum absolute atomic E-state index is 0.0103. The third-order valence-electron chi connectivity index (χ3n) is 8.40. The van der Waals surface area contributed by atoms with Gasteiger partial charge in [0.1, 0.15) is 17.2 Å². The molecule has 0 unspecified atom stereocenters. The van der Waals surface area contributed by atoms with Gasteiger partial charge in [-0.2, -0.15) is 0 Å². The molecule has 0 radical (unpaired) electrons. The number of carbonyl (C=O) groups is 3. The molecule has 1 spiro atoms. The summed E-state index contributed by atoms with van der Waals surface area (Å²) in [6.07, 6.45) is 3.85. The summed E-state index contributed by atoms with van der Waals surface area (Å²) in [5.74, 6) is -1.01. The highest BCUT2D eigenvalue weighted by Crippen LogP contribution is 2.62. The molecule has 0 bridgehead atoms. The summed E-state index contributed by atoms with van der Waals surface area (Å²) in [4.78, 5) is 46.2. The van der Waals surface area contributed by atoms with Crippen LogP contribution in [0.25, 0.3) is 6.08 Å². The van der Waals surface area contributed by atoms with Gasteiger partial charge >= 0.3 is 0 Å². The van der Waals surface area contributed by atoms with Gasteiger partial charge in [-0.05, 0) is 78.4 Å². The van der Waals surface area contributed by atoms with E-state index in [-0.39, 0.29) is 23.6 Å². The van der Waals surface area contributed by atoms with Crippen molar-refractivity contribution in [2.45, 2.75) is 37.5 Å². The Hall–Kier alpha value is -4.49. The average molecular weight is 561 g/mol. The molecule has 3 aromatic carbocycles. The number of thiophene rings is 1. The summed E-state index contributed by atoms with van der Waals surface area (Å²) in [5.41, 5.74) is 2.40. The fraction of sp³-hybridized carbons (Fsp3) is 0.206. The van der Waals surface area contributed by atoms with Gasteiger partial charge in [0.05, 0.1) is 22.9 Å². The maximum absolute atomic E-state index is 14.8. The molecule has 1 N–H and O–H groups in total. The molecule has 1 fully saturated rings. The minimum atomic E-state index is -1.33. The highest BCUT2D eigenvalue weighted by atomic mass is 32.1. The number of rotatable bonds is 6. The predicted octanol–water partition coefficient (Wildman–Crippen LogP) is 6.52. The van der Waals surface area contributed by atoms with Crippen molar-refractivity contribution >= 4 is 40.6 Å². The maximum atomic E-state index is 14.8. The lowest BCUT2D eigenvalue weighted by molar-refractivity contribution is -0.122. The third-order valence-corrected chi connectivity index (χ3v) is 9.28. The van der Waals surface area contributed by atoms with E-state index in [9.17, 15) is 14.4 Å². The van der Waals surface area contributed by atoms with Crippen LogP contribution in [0, 0.1) is 5.92 Å². The van der Waals surface area contributed by atoms with E-state index >= 15 is 0 Å². The van der Waals surface area contributed by atoms with Gasteiger partial charge in [-0.15, -0.1) is 11.3 Å². The highest BCUT2D eigenvalue weighted by Gasteiger charge is 2.70. The van der Waals surface area contributed by atoms with Crippen LogP contribution in [0.3, 0.4) is 0 Å². The number of fused-ring (bicyclic) bond motifs is 6. The first-order valence-corrected chi connectivity index (χ1v) is 14.6. The Morgan fingerprint density at radius 3 is 2.44 bits per heavy atom. The number of para-hydroxylation sites is 1. The number of nitrogens with one attached hydrogen (secondary N) is 1. The molecule has 4 aromatic rings. The molecule has 4 atom stereocenters. The number of amides is 1. The van der Waals surface area contributed by atoms with Gasteiger partial charge in [0.25, 0.3) is 0 Å². The number of hydrogen-bond acceptors (Lipinski definition) is 6. The van der Waals surface area contributed by atoms with Gasteiger partial charge in [-0.1, -0.05) is 48.5 Å². The summed E-state index contributed by atoms with van der Waals surface area (Å²) >= 11 is 1.35. The van der Waals surface area contributed by atoms with Crippen LogP contribution in [0.15, 0.2) is 96.5 Å². The quantitative estimate of drug-likeness (QED) is 0.272. The second kappa shape index (κ2) is 9.56. The van der Waals surface area contributed by atoms with Crippen LogP contribution >= 0.6 is 11.3 Å². The lowest BCUT2D eigenvalue weighted by Crippen LogP contribution is -2.49. The van der Waals surface area contributed by atoms with Crippen LogP contribution in [0.4, 0.5) is 5.69 Å². The summed E-state index contributed by atoms with van der Waals surface area (Å²) in [5, 5.41) is 4.94. The maximum Gasteiger partial charge on any atom is 0.238 e. The molecule has 3 aliphatic rings. The SMILES string of the molecule is CC(C)Oc1ccc(C(=O)[C@@H]2[C@H](C(=O)c3cccs3)N3C=Cc4ccccc4[C@H]3[C@@]23C(=O)Nc2ccccc23)cc1. The molecule has 1 aromatic heterocycles. The van der Waals surface area contributed by atoms with Crippen molar-refractivity contribution in [2.75, 3.05) is 5.32 Å². The number of Topliss-reactive ketones (excluding diaryl/α,β-unsaturated/α-hetero) is 2. The van der Waals surface area contributed by atoms with E-state index in [1.165, 1.54) is 11.3 Å². The predicted molar refractivity (Wildman–Crippen MR) is 159 cm³/mol. The topological polar surface area (TPSA) is 75.7 Å².